The Bertz CT molecular complexity index is 352. The molecule has 1 rings (SSSR count). The summed E-state index contributed by atoms with van der Waals surface area (Å²) < 4.78 is 1.97. The molecule has 1 aromatic heterocycles. The van der Waals surface area contributed by atoms with Crippen LogP contribution >= 0.6 is 0 Å². The molecule has 0 bridgehead atoms. The van der Waals surface area contributed by atoms with Crippen LogP contribution in [0.15, 0.2) is 12.4 Å². The number of hydrogen-bond acceptors (Lipinski definition) is 3. The van der Waals surface area contributed by atoms with E-state index in [1.807, 2.05) is 10.9 Å². The molecule has 104 valence electrons. The van der Waals surface area contributed by atoms with Gasteiger partial charge in [0.2, 0.25) is 0 Å². The summed E-state index contributed by atoms with van der Waals surface area (Å²) in [5, 5.41) is 17.0. The van der Waals surface area contributed by atoms with Gasteiger partial charge in [-0.3, -0.25) is 4.68 Å². The van der Waals surface area contributed by atoms with Gasteiger partial charge in [-0.15, -0.1) is 0 Å². The van der Waals surface area contributed by atoms with Crippen LogP contribution < -0.4 is 5.32 Å². The number of nitrogens with zero attached hydrogens (tertiary/aromatic N) is 2. The van der Waals surface area contributed by atoms with E-state index >= 15 is 0 Å². The fourth-order valence-corrected chi connectivity index (χ4v) is 1.87. The number of rotatable bonds is 6. The zero-order valence-corrected chi connectivity index (χ0v) is 12.3. The fourth-order valence-electron chi connectivity index (χ4n) is 1.87. The van der Waals surface area contributed by atoms with E-state index in [-0.39, 0.29) is 18.2 Å². The number of aliphatic hydroxyl groups excluding tert-OH is 1. The summed E-state index contributed by atoms with van der Waals surface area (Å²) in [6.07, 6.45) is 4.95. The van der Waals surface area contributed by atoms with Gasteiger partial charge in [-0.25, -0.2) is 0 Å². The molecule has 0 spiro atoms. The van der Waals surface area contributed by atoms with Crippen LogP contribution in [0, 0.1) is 5.92 Å². The standard InChI is InChI=1S/C14H27N3O/c1-11(2)6-13(10-18)15-7-12-8-16-17(9-12)14(3,4)5/h8-9,11,13,15,18H,6-7,10H2,1-5H3. The Labute approximate surface area is 110 Å². The topological polar surface area (TPSA) is 50.1 Å². The van der Waals surface area contributed by atoms with E-state index in [1.54, 1.807) is 0 Å². The average Bonchev–Trinajstić information content (AvgIpc) is 2.71. The first-order valence-corrected chi connectivity index (χ1v) is 6.71. The predicted octanol–water partition coefficient (Wildman–Crippen LogP) is 2.13. The first-order valence-electron chi connectivity index (χ1n) is 6.71. The first-order chi connectivity index (χ1) is 8.32. The Morgan fingerprint density at radius 1 is 1.39 bits per heavy atom. The van der Waals surface area contributed by atoms with Crippen LogP contribution in [0.4, 0.5) is 0 Å². The molecular weight excluding hydrogens is 226 g/mol. The van der Waals surface area contributed by atoms with Crippen molar-refractivity contribution in [2.45, 2.75) is 59.2 Å². The highest BCUT2D eigenvalue weighted by atomic mass is 16.3. The van der Waals surface area contributed by atoms with Crippen LogP contribution in [0.1, 0.15) is 46.6 Å². The minimum Gasteiger partial charge on any atom is -0.395 e. The third-order valence-corrected chi connectivity index (χ3v) is 2.89. The minimum atomic E-state index is 0.0204. The lowest BCUT2D eigenvalue weighted by Gasteiger charge is -2.19. The van der Waals surface area contributed by atoms with Crippen molar-refractivity contribution in [1.29, 1.82) is 0 Å². The molecule has 1 heterocycles. The Kier molecular flexibility index (Phi) is 5.35. The van der Waals surface area contributed by atoms with E-state index in [1.165, 1.54) is 0 Å². The van der Waals surface area contributed by atoms with Crippen LogP contribution in [-0.4, -0.2) is 27.5 Å². The molecule has 0 aromatic carbocycles. The maximum absolute atomic E-state index is 9.30. The van der Waals surface area contributed by atoms with Crippen molar-refractivity contribution in [2.75, 3.05) is 6.61 Å². The SMILES string of the molecule is CC(C)CC(CO)NCc1cnn(C(C)(C)C)c1. The van der Waals surface area contributed by atoms with E-state index in [0.717, 1.165) is 18.5 Å². The van der Waals surface area contributed by atoms with Gasteiger partial charge in [0, 0.05) is 24.3 Å². The number of nitrogens with one attached hydrogen (secondary N) is 1. The highest BCUT2D eigenvalue weighted by Crippen LogP contribution is 2.13. The molecule has 0 fully saturated rings. The van der Waals surface area contributed by atoms with E-state index in [4.69, 9.17) is 0 Å². The van der Waals surface area contributed by atoms with Gasteiger partial charge in [0.25, 0.3) is 0 Å². The smallest absolute Gasteiger partial charge is 0.0584 e. The average molecular weight is 253 g/mol. The normalized spacial score (nSPS) is 14.2. The van der Waals surface area contributed by atoms with Gasteiger partial charge in [-0.1, -0.05) is 13.8 Å². The third-order valence-electron chi connectivity index (χ3n) is 2.89. The van der Waals surface area contributed by atoms with E-state index in [0.29, 0.717) is 5.92 Å². The molecule has 0 aliphatic heterocycles. The van der Waals surface area contributed by atoms with Crippen molar-refractivity contribution in [1.82, 2.24) is 15.1 Å². The van der Waals surface area contributed by atoms with Crippen LogP contribution in [0.2, 0.25) is 0 Å². The predicted molar refractivity (Wildman–Crippen MR) is 74.4 cm³/mol. The van der Waals surface area contributed by atoms with Crippen LogP contribution in [-0.2, 0) is 12.1 Å². The Morgan fingerprint density at radius 3 is 2.50 bits per heavy atom. The zero-order chi connectivity index (χ0) is 13.8. The first kappa shape index (κ1) is 15.2. The third kappa shape index (κ3) is 4.78. The van der Waals surface area contributed by atoms with Crippen molar-refractivity contribution >= 4 is 0 Å². The van der Waals surface area contributed by atoms with Gasteiger partial charge >= 0.3 is 0 Å². The van der Waals surface area contributed by atoms with E-state index in [9.17, 15) is 5.11 Å². The summed E-state index contributed by atoms with van der Waals surface area (Å²) in [5.41, 5.74) is 1.18. The molecule has 18 heavy (non-hydrogen) atoms. The number of aliphatic hydroxyl groups is 1. The Balaban J connectivity index is 2.50. The lowest BCUT2D eigenvalue weighted by atomic mass is 10.0. The second-order valence-electron chi connectivity index (χ2n) is 6.35. The lowest BCUT2D eigenvalue weighted by molar-refractivity contribution is 0.223. The zero-order valence-electron chi connectivity index (χ0n) is 12.3. The van der Waals surface area contributed by atoms with Gasteiger partial charge in [-0.2, -0.15) is 5.10 Å². The Hall–Kier alpha value is -0.870. The largest absolute Gasteiger partial charge is 0.395 e. The second kappa shape index (κ2) is 6.34. The number of aromatic nitrogens is 2. The summed E-state index contributed by atoms with van der Waals surface area (Å²) in [5.74, 6) is 0.590. The number of hydrogen-bond donors (Lipinski definition) is 2. The van der Waals surface area contributed by atoms with Crippen molar-refractivity contribution in [3.05, 3.63) is 18.0 Å². The molecular formula is C14H27N3O. The molecule has 2 N–H and O–H groups in total. The van der Waals surface area contributed by atoms with E-state index in [2.05, 4.69) is 51.2 Å². The highest BCUT2D eigenvalue weighted by Gasteiger charge is 2.14. The molecule has 4 nitrogen and oxygen atoms in total. The molecule has 4 heteroatoms. The molecule has 1 aromatic rings. The van der Waals surface area contributed by atoms with E-state index < -0.39 is 0 Å². The second-order valence-corrected chi connectivity index (χ2v) is 6.35. The summed E-state index contributed by atoms with van der Waals surface area (Å²) in [6.45, 7) is 11.7. The van der Waals surface area contributed by atoms with Gasteiger partial charge in [-0.05, 0) is 33.1 Å². The highest BCUT2D eigenvalue weighted by molar-refractivity contribution is 5.05. The van der Waals surface area contributed by atoms with Gasteiger partial charge in [0.05, 0.1) is 18.3 Å². The monoisotopic (exact) mass is 253 g/mol. The summed E-state index contributed by atoms with van der Waals surface area (Å²) >= 11 is 0. The quantitative estimate of drug-likeness (QED) is 0.816. The summed E-state index contributed by atoms with van der Waals surface area (Å²) in [7, 11) is 0. The van der Waals surface area contributed by atoms with Gasteiger partial charge in [0.15, 0.2) is 0 Å². The maximum atomic E-state index is 9.30. The van der Waals surface area contributed by atoms with Crippen molar-refractivity contribution < 1.29 is 5.11 Å². The Morgan fingerprint density at radius 2 is 2.06 bits per heavy atom. The molecule has 0 saturated carbocycles. The molecule has 0 aliphatic carbocycles. The van der Waals surface area contributed by atoms with Gasteiger partial charge < -0.3 is 10.4 Å². The van der Waals surface area contributed by atoms with Crippen LogP contribution in [0.3, 0.4) is 0 Å². The molecule has 1 unspecified atom stereocenters. The van der Waals surface area contributed by atoms with Crippen LogP contribution in [0.25, 0.3) is 0 Å². The molecule has 1 atom stereocenters. The summed E-state index contributed by atoms with van der Waals surface area (Å²) in [6, 6.07) is 0.169. The molecule has 0 saturated heterocycles. The minimum absolute atomic E-state index is 0.0204. The van der Waals surface area contributed by atoms with Crippen LogP contribution in [0.5, 0.6) is 0 Å². The summed E-state index contributed by atoms with van der Waals surface area (Å²) in [4.78, 5) is 0. The molecule has 0 radical (unpaired) electrons. The molecule has 0 aliphatic rings. The van der Waals surface area contributed by atoms with Crippen molar-refractivity contribution in [3.8, 4) is 0 Å². The lowest BCUT2D eigenvalue weighted by Crippen LogP contribution is -2.33. The van der Waals surface area contributed by atoms with Gasteiger partial charge in [0.1, 0.15) is 0 Å². The fraction of sp³-hybridized carbons (Fsp3) is 0.786. The maximum Gasteiger partial charge on any atom is 0.0584 e. The van der Waals surface area contributed by atoms with Crippen molar-refractivity contribution in [2.24, 2.45) is 5.92 Å². The molecule has 0 amide bonds. The van der Waals surface area contributed by atoms with Crippen molar-refractivity contribution in [3.63, 3.8) is 0 Å².